The van der Waals surface area contributed by atoms with Gasteiger partial charge in [-0.3, -0.25) is 4.79 Å². The number of amides is 1. The zero-order valence-corrected chi connectivity index (χ0v) is 17.3. The van der Waals surface area contributed by atoms with Gasteiger partial charge in [-0.25, -0.2) is 4.79 Å². The van der Waals surface area contributed by atoms with Crippen molar-refractivity contribution in [1.29, 1.82) is 0 Å². The van der Waals surface area contributed by atoms with Crippen LogP contribution in [0, 0.1) is 13.8 Å². The van der Waals surface area contributed by atoms with Gasteiger partial charge in [-0.1, -0.05) is 17.7 Å². The average Bonchev–Trinajstić information content (AvgIpc) is 2.75. The Labute approximate surface area is 175 Å². The van der Waals surface area contributed by atoms with Crippen molar-refractivity contribution >= 4 is 11.9 Å². The zero-order valence-electron chi connectivity index (χ0n) is 17.3. The van der Waals surface area contributed by atoms with Crippen LogP contribution in [0.1, 0.15) is 21.5 Å². The predicted octanol–water partition coefficient (Wildman–Crippen LogP) is 2.44. The van der Waals surface area contributed by atoms with Gasteiger partial charge in [0.05, 0.1) is 19.2 Å². The third kappa shape index (κ3) is 5.34. The molecular formula is C22H25NO7. The fourth-order valence-electron chi connectivity index (χ4n) is 2.97. The maximum Gasteiger partial charge on any atom is 0.338 e. The van der Waals surface area contributed by atoms with Crippen LogP contribution in [-0.2, 0) is 9.53 Å². The van der Waals surface area contributed by atoms with Gasteiger partial charge in [-0.05, 0) is 37.6 Å². The molecule has 0 fully saturated rings. The van der Waals surface area contributed by atoms with Crippen molar-refractivity contribution in [3.05, 3.63) is 47.0 Å². The highest BCUT2D eigenvalue weighted by molar-refractivity contribution is 5.92. The molecule has 160 valence electrons. The second-order valence-electron chi connectivity index (χ2n) is 6.75. The summed E-state index contributed by atoms with van der Waals surface area (Å²) < 4.78 is 27.0. The van der Waals surface area contributed by atoms with Crippen LogP contribution in [0.4, 0.5) is 0 Å². The molecule has 30 heavy (non-hydrogen) atoms. The monoisotopic (exact) mass is 415 g/mol. The molecule has 0 saturated carbocycles. The van der Waals surface area contributed by atoms with E-state index in [1.165, 1.54) is 19.2 Å². The van der Waals surface area contributed by atoms with Crippen LogP contribution in [-0.4, -0.2) is 52.0 Å². The van der Waals surface area contributed by atoms with E-state index in [-0.39, 0.29) is 5.56 Å². The molecule has 8 heteroatoms. The molecule has 0 saturated heterocycles. The number of ether oxygens (including phenoxy) is 5. The molecule has 3 rings (SSSR count). The van der Waals surface area contributed by atoms with E-state index in [9.17, 15) is 9.59 Å². The Hall–Kier alpha value is -3.42. The molecular weight excluding hydrogens is 390 g/mol. The number of hydrogen-bond acceptors (Lipinski definition) is 7. The van der Waals surface area contributed by atoms with E-state index in [1.54, 1.807) is 0 Å². The van der Waals surface area contributed by atoms with Gasteiger partial charge in [-0.15, -0.1) is 0 Å². The van der Waals surface area contributed by atoms with Crippen LogP contribution >= 0.6 is 0 Å². The maximum absolute atomic E-state index is 12.3. The molecule has 0 radical (unpaired) electrons. The first-order valence-corrected chi connectivity index (χ1v) is 9.59. The minimum atomic E-state index is -0.660. The minimum Gasteiger partial charge on any atom is -0.493 e. The molecule has 0 bridgehead atoms. The summed E-state index contributed by atoms with van der Waals surface area (Å²) in [6.07, 6.45) is 0. The SMILES string of the molecule is COc1cc(C(=O)OCC(=O)NCCOc2ccc(C)cc2C)cc2c1OCCO2. The Balaban J connectivity index is 1.45. The molecule has 1 N–H and O–H groups in total. The highest BCUT2D eigenvalue weighted by atomic mass is 16.6. The van der Waals surface area contributed by atoms with Gasteiger partial charge in [-0.2, -0.15) is 0 Å². The minimum absolute atomic E-state index is 0.210. The lowest BCUT2D eigenvalue weighted by molar-refractivity contribution is -0.124. The largest absolute Gasteiger partial charge is 0.493 e. The first-order chi connectivity index (χ1) is 14.5. The Morgan fingerprint density at radius 1 is 1.07 bits per heavy atom. The molecule has 0 spiro atoms. The highest BCUT2D eigenvalue weighted by Crippen LogP contribution is 2.40. The first-order valence-electron chi connectivity index (χ1n) is 9.59. The fraction of sp³-hybridized carbons (Fsp3) is 0.364. The molecule has 1 amide bonds. The van der Waals surface area contributed by atoms with Crippen LogP contribution < -0.4 is 24.3 Å². The van der Waals surface area contributed by atoms with Crippen LogP contribution in [0.15, 0.2) is 30.3 Å². The molecule has 1 aliphatic rings. The fourth-order valence-corrected chi connectivity index (χ4v) is 2.97. The first kappa shape index (κ1) is 21.3. The smallest absolute Gasteiger partial charge is 0.338 e. The van der Waals surface area contributed by atoms with E-state index in [0.717, 1.165) is 16.9 Å². The number of esters is 1. The summed E-state index contributed by atoms with van der Waals surface area (Å²) in [5.41, 5.74) is 2.40. The molecule has 8 nitrogen and oxygen atoms in total. The maximum atomic E-state index is 12.3. The van der Waals surface area contributed by atoms with Crippen molar-refractivity contribution in [2.24, 2.45) is 0 Å². The summed E-state index contributed by atoms with van der Waals surface area (Å²) in [6, 6.07) is 8.89. The summed E-state index contributed by atoms with van der Waals surface area (Å²) in [7, 11) is 1.47. The van der Waals surface area contributed by atoms with Crippen molar-refractivity contribution < 1.29 is 33.3 Å². The standard InChI is InChI=1S/C22H25NO7/c1-14-4-5-17(15(2)10-14)27-7-6-23-20(24)13-30-22(25)16-11-18(26-3)21-19(12-16)28-8-9-29-21/h4-5,10-12H,6-9,13H2,1-3H3,(H,23,24). The van der Waals surface area contributed by atoms with Gasteiger partial charge in [0, 0.05) is 0 Å². The average molecular weight is 415 g/mol. The van der Waals surface area contributed by atoms with E-state index in [0.29, 0.717) is 43.6 Å². The summed E-state index contributed by atoms with van der Waals surface area (Å²) in [5.74, 6) is 0.910. The Bertz CT molecular complexity index is 909. The van der Waals surface area contributed by atoms with E-state index >= 15 is 0 Å². The van der Waals surface area contributed by atoms with E-state index < -0.39 is 18.5 Å². The van der Waals surface area contributed by atoms with E-state index in [4.69, 9.17) is 23.7 Å². The van der Waals surface area contributed by atoms with Gasteiger partial charge < -0.3 is 29.0 Å². The predicted molar refractivity (Wildman–Crippen MR) is 109 cm³/mol. The third-order valence-electron chi connectivity index (χ3n) is 4.41. The lowest BCUT2D eigenvalue weighted by atomic mass is 10.1. The number of rotatable bonds is 8. The number of fused-ring (bicyclic) bond motifs is 1. The lowest BCUT2D eigenvalue weighted by Crippen LogP contribution is -2.32. The van der Waals surface area contributed by atoms with Crippen LogP contribution in [0.5, 0.6) is 23.0 Å². The van der Waals surface area contributed by atoms with E-state index in [1.807, 2.05) is 32.0 Å². The Kier molecular flexibility index (Phi) is 7.00. The molecule has 1 aliphatic heterocycles. The third-order valence-corrected chi connectivity index (χ3v) is 4.41. The molecule has 0 unspecified atom stereocenters. The highest BCUT2D eigenvalue weighted by Gasteiger charge is 2.22. The molecule has 1 heterocycles. The summed E-state index contributed by atoms with van der Waals surface area (Å²) in [4.78, 5) is 24.2. The number of nitrogens with one attached hydrogen (secondary N) is 1. The summed E-state index contributed by atoms with van der Waals surface area (Å²) >= 11 is 0. The summed E-state index contributed by atoms with van der Waals surface area (Å²) in [5, 5.41) is 2.65. The molecule has 2 aromatic rings. The van der Waals surface area contributed by atoms with Crippen molar-refractivity contribution in [3.63, 3.8) is 0 Å². The van der Waals surface area contributed by atoms with Crippen molar-refractivity contribution in [2.45, 2.75) is 13.8 Å². The van der Waals surface area contributed by atoms with Gasteiger partial charge in [0.25, 0.3) is 5.91 Å². The van der Waals surface area contributed by atoms with E-state index in [2.05, 4.69) is 5.32 Å². The topological polar surface area (TPSA) is 92.3 Å². The number of carbonyl (C=O) groups is 2. The van der Waals surface area contributed by atoms with Crippen LogP contribution in [0.3, 0.4) is 0 Å². The molecule has 2 aromatic carbocycles. The molecule has 0 aromatic heterocycles. The second-order valence-corrected chi connectivity index (χ2v) is 6.75. The quantitative estimate of drug-likeness (QED) is 0.523. The van der Waals surface area contributed by atoms with Gasteiger partial charge in [0.15, 0.2) is 18.1 Å². The number of carbonyl (C=O) groups excluding carboxylic acids is 2. The normalized spacial score (nSPS) is 12.1. The van der Waals surface area contributed by atoms with Crippen molar-refractivity contribution in [3.8, 4) is 23.0 Å². The van der Waals surface area contributed by atoms with Crippen molar-refractivity contribution in [1.82, 2.24) is 5.32 Å². The molecule has 0 aliphatic carbocycles. The zero-order chi connectivity index (χ0) is 21.5. The summed E-state index contributed by atoms with van der Waals surface area (Å²) in [6.45, 7) is 4.96. The van der Waals surface area contributed by atoms with Gasteiger partial charge in [0.1, 0.15) is 25.6 Å². The number of hydrogen-bond donors (Lipinski definition) is 1. The van der Waals surface area contributed by atoms with Crippen molar-refractivity contribution in [2.75, 3.05) is 40.1 Å². The van der Waals surface area contributed by atoms with Gasteiger partial charge in [0.2, 0.25) is 5.75 Å². The number of aryl methyl sites for hydroxylation is 2. The Morgan fingerprint density at radius 3 is 2.63 bits per heavy atom. The number of methoxy groups -OCH3 is 1. The lowest BCUT2D eigenvalue weighted by Gasteiger charge is -2.21. The van der Waals surface area contributed by atoms with Crippen LogP contribution in [0.2, 0.25) is 0 Å². The Morgan fingerprint density at radius 2 is 1.87 bits per heavy atom. The van der Waals surface area contributed by atoms with Crippen LogP contribution in [0.25, 0.3) is 0 Å². The molecule has 0 atom stereocenters. The number of benzene rings is 2. The second kappa shape index (κ2) is 9.87. The van der Waals surface area contributed by atoms with Gasteiger partial charge >= 0.3 is 5.97 Å².